The molecule has 2 aromatic heterocycles. The Morgan fingerprint density at radius 2 is 1.39 bits per heavy atom. The number of hydrogen-bond donors (Lipinski definition) is 1. The Hall–Kier alpha value is -4.34. The molecule has 2 N–H and O–H groups in total. The number of anilines is 1. The van der Waals surface area contributed by atoms with Gasteiger partial charge in [-0.15, -0.1) is 0 Å². The van der Waals surface area contributed by atoms with Crippen LogP contribution in [0.2, 0.25) is 0 Å². The minimum atomic E-state index is -1.57. The minimum absolute atomic E-state index is 0.0348. The summed E-state index contributed by atoms with van der Waals surface area (Å²) in [4.78, 5) is 13.3. The van der Waals surface area contributed by atoms with Crippen LogP contribution in [-0.2, 0) is 29.3 Å². The third-order valence-corrected chi connectivity index (χ3v) is 7.52. The van der Waals surface area contributed by atoms with Gasteiger partial charge in [0.1, 0.15) is 12.3 Å². The van der Waals surface area contributed by atoms with Crippen LogP contribution in [0.3, 0.4) is 0 Å². The first kappa shape index (κ1) is 26.9. The van der Waals surface area contributed by atoms with Crippen LogP contribution in [0, 0.1) is 5.92 Å². The fourth-order valence-corrected chi connectivity index (χ4v) is 5.31. The van der Waals surface area contributed by atoms with Crippen molar-refractivity contribution in [3.8, 4) is 5.88 Å². The van der Waals surface area contributed by atoms with Gasteiger partial charge in [-0.25, -0.2) is 9.37 Å². The molecular formula is C32H32FN5O3. The molecule has 1 aliphatic rings. The van der Waals surface area contributed by atoms with Gasteiger partial charge in [0.15, 0.2) is 11.2 Å². The first-order valence-electron chi connectivity index (χ1n) is 13.7. The Bertz CT molecular complexity index is 1570. The van der Waals surface area contributed by atoms with E-state index in [0.717, 1.165) is 16.7 Å². The van der Waals surface area contributed by atoms with Gasteiger partial charge in [-0.05, 0) is 16.7 Å². The van der Waals surface area contributed by atoms with E-state index in [0.29, 0.717) is 36.9 Å². The van der Waals surface area contributed by atoms with E-state index in [-0.39, 0.29) is 31.6 Å². The first-order valence-corrected chi connectivity index (χ1v) is 13.7. The zero-order chi connectivity index (χ0) is 28.1. The number of nitrogen functional groups attached to an aromatic ring is 1. The molecule has 6 rings (SSSR count). The maximum absolute atomic E-state index is 16.4. The molecule has 41 heavy (non-hydrogen) atoms. The highest BCUT2D eigenvalue weighted by atomic mass is 19.1. The second-order valence-electron chi connectivity index (χ2n) is 10.4. The Morgan fingerprint density at radius 1 is 0.805 bits per heavy atom. The SMILES string of the molecule is Nc1nc(OCc2ccccc2)c2ncn([C@H]3C[C@](F)(COCc4ccccc4)[C@@H]3COCc3ccccc3)c2n1. The molecule has 3 aromatic carbocycles. The van der Waals surface area contributed by atoms with Crippen molar-refractivity contribution in [1.29, 1.82) is 0 Å². The van der Waals surface area contributed by atoms with Crippen molar-refractivity contribution in [2.24, 2.45) is 5.92 Å². The normalized spacial score (nSPS) is 20.1. The lowest BCUT2D eigenvalue weighted by Crippen LogP contribution is -2.56. The molecular weight excluding hydrogens is 521 g/mol. The summed E-state index contributed by atoms with van der Waals surface area (Å²) in [6, 6.07) is 29.1. The summed E-state index contributed by atoms with van der Waals surface area (Å²) in [7, 11) is 0. The average Bonchev–Trinajstić information content (AvgIpc) is 3.42. The van der Waals surface area contributed by atoms with Crippen LogP contribution in [0.5, 0.6) is 5.88 Å². The second kappa shape index (κ2) is 12.0. The fraction of sp³-hybridized carbons (Fsp3) is 0.281. The van der Waals surface area contributed by atoms with Gasteiger partial charge in [-0.1, -0.05) is 91.0 Å². The Balaban J connectivity index is 1.21. The average molecular weight is 554 g/mol. The smallest absolute Gasteiger partial charge is 0.247 e. The summed E-state index contributed by atoms with van der Waals surface area (Å²) < 4.78 is 36.2. The van der Waals surface area contributed by atoms with E-state index >= 15 is 4.39 Å². The second-order valence-corrected chi connectivity index (χ2v) is 10.4. The van der Waals surface area contributed by atoms with Gasteiger partial charge in [0.25, 0.3) is 0 Å². The van der Waals surface area contributed by atoms with Crippen molar-refractivity contribution >= 4 is 17.1 Å². The Labute approximate surface area is 237 Å². The van der Waals surface area contributed by atoms with Gasteiger partial charge in [-0.2, -0.15) is 9.97 Å². The fourth-order valence-electron chi connectivity index (χ4n) is 5.31. The summed E-state index contributed by atoms with van der Waals surface area (Å²) in [6.45, 7) is 1.22. The lowest BCUT2D eigenvalue weighted by molar-refractivity contribution is -0.144. The highest BCUT2D eigenvalue weighted by molar-refractivity contribution is 5.77. The number of nitrogens with zero attached hydrogens (tertiary/aromatic N) is 4. The third kappa shape index (κ3) is 6.06. The minimum Gasteiger partial charge on any atom is -0.471 e. The van der Waals surface area contributed by atoms with Crippen molar-refractivity contribution in [3.63, 3.8) is 0 Å². The van der Waals surface area contributed by atoms with Gasteiger partial charge in [0.2, 0.25) is 11.8 Å². The number of hydrogen-bond acceptors (Lipinski definition) is 7. The van der Waals surface area contributed by atoms with Crippen molar-refractivity contribution in [2.45, 2.75) is 38.0 Å². The maximum Gasteiger partial charge on any atom is 0.247 e. The standard InChI is InChI=1S/C32H32FN5O3/c33-32(21-40-18-24-12-6-2-7-13-24)16-27(26(32)20-39-17-23-10-4-1-5-11-23)38-22-35-28-29(38)36-31(34)37-30(28)41-19-25-14-8-3-9-15-25/h1-15,22,26-27H,16-21H2,(H2,34,36,37)/t26-,27+,32+/m1/s1. The monoisotopic (exact) mass is 553 g/mol. The van der Waals surface area contributed by atoms with Crippen LogP contribution in [-0.4, -0.2) is 38.4 Å². The largest absolute Gasteiger partial charge is 0.471 e. The highest BCUT2D eigenvalue weighted by Crippen LogP contribution is 2.51. The van der Waals surface area contributed by atoms with Gasteiger partial charge < -0.3 is 24.5 Å². The zero-order valence-electron chi connectivity index (χ0n) is 22.6. The number of ether oxygens (including phenoxy) is 3. The predicted octanol–water partition coefficient (Wildman–Crippen LogP) is 5.69. The number of halogens is 1. The molecule has 0 unspecified atom stereocenters. The number of benzene rings is 3. The lowest BCUT2D eigenvalue weighted by atomic mass is 9.67. The molecule has 9 heteroatoms. The van der Waals surface area contributed by atoms with E-state index in [1.165, 1.54) is 0 Å². The van der Waals surface area contributed by atoms with E-state index < -0.39 is 11.6 Å². The van der Waals surface area contributed by atoms with Crippen LogP contribution in [0.25, 0.3) is 11.2 Å². The topological polar surface area (TPSA) is 97.3 Å². The number of fused-ring (bicyclic) bond motifs is 1. The highest BCUT2D eigenvalue weighted by Gasteiger charge is 2.56. The lowest BCUT2D eigenvalue weighted by Gasteiger charge is -2.49. The van der Waals surface area contributed by atoms with E-state index in [4.69, 9.17) is 19.9 Å². The third-order valence-electron chi connectivity index (χ3n) is 7.52. The van der Waals surface area contributed by atoms with E-state index in [2.05, 4.69) is 15.0 Å². The molecule has 0 saturated heterocycles. The Kier molecular flexibility index (Phi) is 7.89. The number of imidazole rings is 1. The molecule has 3 atom stereocenters. The van der Waals surface area contributed by atoms with Gasteiger partial charge in [0.05, 0.1) is 32.8 Å². The molecule has 2 heterocycles. The number of aromatic nitrogens is 4. The van der Waals surface area contributed by atoms with Crippen LogP contribution >= 0.6 is 0 Å². The first-order chi connectivity index (χ1) is 20.1. The molecule has 0 aliphatic heterocycles. The van der Waals surface area contributed by atoms with Gasteiger partial charge in [0, 0.05) is 18.4 Å². The van der Waals surface area contributed by atoms with Crippen molar-refractivity contribution in [2.75, 3.05) is 18.9 Å². The molecule has 0 bridgehead atoms. The molecule has 210 valence electrons. The molecule has 0 amide bonds. The zero-order valence-corrected chi connectivity index (χ0v) is 22.6. The van der Waals surface area contributed by atoms with E-state index in [1.54, 1.807) is 6.33 Å². The molecule has 1 aliphatic carbocycles. The molecule has 1 saturated carbocycles. The maximum atomic E-state index is 16.4. The molecule has 1 fully saturated rings. The van der Waals surface area contributed by atoms with E-state index in [1.807, 2.05) is 95.6 Å². The number of nitrogens with two attached hydrogens (primary N) is 1. The van der Waals surface area contributed by atoms with Gasteiger partial charge in [-0.3, -0.25) is 0 Å². The summed E-state index contributed by atoms with van der Waals surface area (Å²) in [5.74, 6) is -0.121. The molecule has 0 radical (unpaired) electrons. The van der Waals surface area contributed by atoms with E-state index in [9.17, 15) is 0 Å². The molecule has 5 aromatic rings. The number of alkyl halides is 1. The predicted molar refractivity (Wildman–Crippen MR) is 154 cm³/mol. The van der Waals surface area contributed by atoms with Crippen LogP contribution in [0.4, 0.5) is 10.3 Å². The van der Waals surface area contributed by atoms with Crippen LogP contribution < -0.4 is 10.5 Å². The molecule has 0 spiro atoms. The Morgan fingerprint density at radius 3 is 2.02 bits per heavy atom. The summed E-state index contributed by atoms with van der Waals surface area (Å²) >= 11 is 0. The van der Waals surface area contributed by atoms with Crippen molar-refractivity contribution in [3.05, 3.63) is 114 Å². The number of rotatable bonds is 12. The summed E-state index contributed by atoms with van der Waals surface area (Å²) in [6.07, 6.45) is 1.89. The molecule has 8 nitrogen and oxygen atoms in total. The van der Waals surface area contributed by atoms with Gasteiger partial charge >= 0.3 is 0 Å². The van der Waals surface area contributed by atoms with Crippen molar-refractivity contribution < 1.29 is 18.6 Å². The van der Waals surface area contributed by atoms with Crippen molar-refractivity contribution in [1.82, 2.24) is 19.5 Å². The van der Waals surface area contributed by atoms with Crippen LogP contribution in [0.1, 0.15) is 29.2 Å². The summed E-state index contributed by atoms with van der Waals surface area (Å²) in [5.41, 5.74) is 8.51. The summed E-state index contributed by atoms with van der Waals surface area (Å²) in [5, 5.41) is 0. The van der Waals surface area contributed by atoms with Crippen LogP contribution in [0.15, 0.2) is 97.3 Å². The quantitative estimate of drug-likeness (QED) is 0.212.